The quantitative estimate of drug-likeness (QED) is 0.793. The first kappa shape index (κ1) is 15.3. The monoisotopic (exact) mass is 331 g/mol. The molecule has 0 aromatic carbocycles. The number of aromatic nitrogens is 5. The van der Waals surface area contributed by atoms with E-state index in [9.17, 15) is 10.5 Å². The van der Waals surface area contributed by atoms with Gasteiger partial charge in [0.25, 0.3) is 0 Å². The van der Waals surface area contributed by atoms with Gasteiger partial charge >= 0.3 is 0 Å². The number of H-pyrrole nitrogens is 1. The number of nitrogens with one attached hydrogen (secondary N) is 1. The molecule has 2 unspecified atom stereocenters. The second-order valence-electron chi connectivity index (χ2n) is 6.65. The van der Waals surface area contributed by atoms with Crippen LogP contribution in [0, 0.1) is 28.6 Å². The molecule has 4 rings (SSSR count). The van der Waals surface area contributed by atoms with Crippen LogP contribution in [-0.2, 0) is 5.54 Å². The largest absolute Gasteiger partial charge is 0.345 e. The molecule has 0 spiro atoms. The van der Waals surface area contributed by atoms with E-state index in [1.807, 2.05) is 23.1 Å². The summed E-state index contributed by atoms with van der Waals surface area (Å²) < 4.78 is 1.90. The maximum atomic E-state index is 9.34. The molecule has 0 saturated heterocycles. The molecule has 124 valence electrons. The summed E-state index contributed by atoms with van der Waals surface area (Å²) in [6.07, 6.45) is 11.1. The molecular weight excluding hydrogens is 314 g/mol. The molecule has 1 aliphatic rings. The van der Waals surface area contributed by atoms with Crippen molar-refractivity contribution in [2.75, 3.05) is 0 Å². The van der Waals surface area contributed by atoms with Gasteiger partial charge in [0.2, 0.25) is 0 Å². The number of hydrogen-bond acceptors (Lipinski definition) is 5. The minimum absolute atomic E-state index is 0.0197. The Hall–Kier alpha value is -3.19. The van der Waals surface area contributed by atoms with Crippen LogP contribution in [0.1, 0.15) is 32.1 Å². The smallest absolute Gasteiger partial charge is 0.160 e. The highest BCUT2D eigenvalue weighted by Crippen LogP contribution is 2.41. The normalized spacial score (nSPS) is 23.2. The van der Waals surface area contributed by atoms with Gasteiger partial charge in [0.05, 0.1) is 36.5 Å². The van der Waals surface area contributed by atoms with E-state index in [1.165, 1.54) is 0 Å². The Morgan fingerprint density at radius 3 is 3.12 bits per heavy atom. The summed E-state index contributed by atoms with van der Waals surface area (Å²) in [6.45, 7) is 0. The molecule has 1 N–H and O–H groups in total. The van der Waals surface area contributed by atoms with Crippen molar-refractivity contribution in [3.63, 3.8) is 0 Å². The van der Waals surface area contributed by atoms with Crippen LogP contribution in [0.25, 0.3) is 22.2 Å². The molecule has 1 aliphatic carbocycles. The highest BCUT2D eigenvalue weighted by atomic mass is 15.3. The maximum Gasteiger partial charge on any atom is 0.160 e. The summed E-state index contributed by atoms with van der Waals surface area (Å²) in [5.74, 6) is -0.0197. The van der Waals surface area contributed by atoms with Crippen molar-refractivity contribution in [2.45, 2.75) is 37.6 Å². The molecular formula is C18H17N7. The van der Waals surface area contributed by atoms with E-state index < -0.39 is 5.54 Å². The zero-order chi connectivity index (χ0) is 17.3. The summed E-state index contributed by atoms with van der Waals surface area (Å²) in [7, 11) is 0. The van der Waals surface area contributed by atoms with Gasteiger partial charge in [0.15, 0.2) is 5.65 Å². The van der Waals surface area contributed by atoms with E-state index in [2.05, 4.69) is 32.4 Å². The van der Waals surface area contributed by atoms with Crippen molar-refractivity contribution in [1.82, 2.24) is 25.0 Å². The van der Waals surface area contributed by atoms with Crippen LogP contribution >= 0.6 is 0 Å². The first-order valence-electron chi connectivity index (χ1n) is 8.37. The third-order valence-electron chi connectivity index (χ3n) is 5.15. The van der Waals surface area contributed by atoms with E-state index in [-0.39, 0.29) is 5.92 Å². The molecule has 3 heterocycles. The Balaban J connectivity index is 1.76. The van der Waals surface area contributed by atoms with Gasteiger partial charge in [0, 0.05) is 34.8 Å². The van der Waals surface area contributed by atoms with E-state index in [1.54, 1.807) is 12.4 Å². The fraction of sp³-hybridized carbons (Fsp3) is 0.389. The number of aromatic amines is 1. The first-order chi connectivity index (χ1) is 12.3. The van der Waals surface area contributed by atoms with E-state index >= 15 is 0 Å². The number of fused-ring (bicyclic) bond motifs is 1. The minimum Gasteiger partial charge on any atom is -0.345 e. The van der Waals surface area contributed by atoms with Crippen LogP contribution in [0.2, 0.25) is 0 Å². The van der Waals surface area contributed by atoms with E-state index in [4.69, 9.17) is 0 Å². The Morgan fingerprint density at radius 1 is 1.36 bits per heavy atom. The summed E-state index contributed by atoms with van der Waals surface area (Å²) in [4.78, 5) is 3.06. The third-order valence-corrected chi connectivity index (χ3v) is 5.15. The Labute approximate surface area is 144 Å². The summed E-state index contributed by atoms with van der Waals surface area (Å²) in [6, 6.07) is 6.64. The molecule has 3 aromatic rings. The van der Waals surface area contributed by atoms with Gasteiger partial charge in [0.1, 0.15) is 0 Å². The molecule has 1 fully saturated rings. The van der Waals surface area contributed by atoms with Gasteiger partial charge < -0.3 is 4.98 Å². The molecule has 0 bridgehead atoms. The number of nitriles is 2. The molecule has 0 radical (unpaired) electrons. The standard InChI is InChI=1S/C18H17N7/c19-6-5-18(4-1-2-13(8-18)9-20)25-12-14(10-23-25)16-11-22-24-17-15(16)3-7-21-17/h3,7,10-13H,1-2,4-5,8H2,(H,21,24). The summed E-state index contributed by atoms with van der Waals surface area (Å²) in [5, 5.41) is 32.4. The van der Waals surface area contributed by atoms with Crippen LogP contribution in [-0.4, -0.2) is 25.0 Å². The summed E-state index contributed by atoms with van der Waals surface area (Å²) >= 11 is 0. The van der Waals surface area contributed by atoms with Gasteiger partial charge in [-0.1, -0.05) is 0 Å². The van der Waals surface area contributed by atoms with Crippen molar-refractivity contribution in [3.05, 3.63) is 30.9 Å². The summed E-state index contributed by atoms with van der Waals surface area (Å²) in [5.41, 5.74) is 2.23. The van der Waals surface area contributed by atoms with E-state index in [0.29, 0.717) is 12.8 Å². The topological polar surface area (TPSA) is 107 Å². The molecule has 1 saturated carbocycles. The molecule has 3 aromatic heterocycles. The fourth-order valence-corrected chi connectivity index (χ4v) is 3.87. The van der Waals surface area contributed by atoms with Crippen molar-refractivity contribution in [1.29, 1.82) is 10.5 Å². The van der Waals surface area contributed by atoms with E-state index in [0.717, 1.165) is 41.4 Å². The number of hydrogen-bond donors (Lipinski definition) is 1. The van der Waals surface area contributed by atoms with Crippen molar-refractivity contribution in [3.8, 4) is 23.3 Å². The molecule has 25 heavy (non-hydrogen) atoms. The fourth-order valence-electron chi connectivity index (χ4n) is 3.87. The average molecular weight is 331 g/mol. The van der Waals surface area contributed by atoms with Crippen molar-refractivity contribution >= 4 is 11.0 Å². The van der Waals surface area contributed by atoms with Gasteiger partial charge in [-0.2, -0.15) is 20.7 Å². The molecule has 7 heteroatoms. The molecule has 0 aliphatic heterocycles. The van der Waals surface area contributed by atoms with Gasteiger partial charge in [-0.05, 0) is 31.7 Å². The van der Waals surface area contributed by atoms with Gasteiger partial charge in [-0.3, -0.25) is 4.68 Å². The highest BCUT2D eigenvalue weighted by molar-refractivity contribution is 5.91. The molecule has 7 nitrogen and oxygen atoms in total. The highest BCUT2D eigenvalue weighted by Gasteiger charge is 2.39. The Morgan fingerprint density at radius 2 is 2.28 bits per heavy atom. The SMILES string of the molecule is N#CCC1(n2cc(-c3cnnc4[nH]ccc34)cn2)CCCC(C#N)C1. The zero-order valence-electron chi connectivity index (χ0n) is 13.7. The Bertz CT molecular complexity index is 987. The molecule has 2 atom stereocenters. The lowest BCUT2D eigenvalue weighted by Gasteiger charge is -2.37. The number of nitrogens with zero attached hydrogens (tertiary/aromatic N) is 6. The predicted molar refractivity (Wildman–Crippen MR) is 90.9 cm³/mol. The molecule has 0 amide bonds. The minimum atomic E-state index is -0.399. The lowest BCUT2D eigenvalue weighted by molar-refractivity contribution is 0.154. The van der Waals surface area contributed by atoms with Crippen LogP contribution in [0.5, 0.6) is 0 Å². The average Bonchev–Trinajstić information content (AvgIpc) is 3.31. The second kappa shape index (κ2) is 6.03. The maximum absolute atomic E-state index is 9.34. The van der Waals surface area contributed by atoms with Crippen LogP contribution in [0.3, 0.4) is 0 Å². The van der Waals surface area contributed by atoms with Gasteiger partial charge in [-0.25, -0.2) is 0 Å². The Kier molecular flexibility index (Phi) is 3.70. The van der Waals surface area contributed by atoms with Crippen LogP contribution in [0.4, 0.5) is 0 Å². The van der Waals surface area contributed by atoms with Crippen molar-refractivity contribution in [2.24, 2.45) is 5.92 Å². The lowest BCUT2D eigenvalue weighted by atomic mass is 9.74. The second-order valence-corrected chi connectivity index (χ2v) is 6.65. The van der Waals surface area contributed by atoms with Gasteiger partial charge in [-0.15, -0.1) is 5.10 Å². The van der Waals surface area contributed by atoms with Crippen LogP contribution < -0.4 is 0 Å². The van der Waals surface area contributed by atoms with Crippen molar-refractivity contribution < 1.29 is 0 Å². The zero-order valence-corrected chi connectivity index (χ0v) is 13.7. The number of rotatable bonds is 3. The first-order valence-corrected chi connectivity index (χ1v) is 8.37. The lowest BCUT2D eigenvalue weighted by Crippen LogP contribution is -2.38. The van der Waals surface area contributed by atoms with Crippen LogP contribution in [0.15, 0.2) is 30.9 Å². The predicted octanol–water partition coefficient (Wildman–Crippen LogP) is 3.14. The third kappa shape index (κ3) is 2.54.